The van der Waals surface area contributed by atoms with Crippen LogP contribution in [0.5, 0.6) is 5.75 Å². The Morgan fingerprint density at radius 1 is 1.50 bits per heavy atom. The molecule has 1 saturated heterocycles. The lowest BCUT2D eigenvalue weighted by Gasteiger charge is -2.12. The van der Waals surface area contributed by atoms with Gasteiger partial charge in [-0.15, -0.1) is 0 Å². The van der Waals surface area contributed by atoms with Gasteiger partial charge < -0.3 is 10.1 Å². The molecular weight excluding hydrogens is 218 g/mol. The quantitative estimate of drug-likeness (QED) is 0.795. The van der Waals surface area contributed by atoms with Gasteiger partial charge in [-0.3, -0.25) is 0 Å². The SMILES string of the molecule is Cc1cccc(OCCNC2CCSC2)c1. The van der Waals surface area contributed by atoms with Gasteiger partial charge in [0.1, 0.15) is 12.4 Å². The summed E-state index contributed by atoms with van der Waals surface area (Å²) < 4.78 is 5.68. The Bertz CT molecular complexity index is 323. The summed E-state index contributed by atoms with van der Waals surface area (Å²) in [5.41, 5.74) is 1.25. The zero-order valence-electron chi connectivity index (χ0n) is 9.74. The highest BCUT2D eigenvalue weighted by Crippen LogP contribution is 2.16. The van der Waals surface area contributed by atoms with Gasteiger partial charge in [-0.1, -0.05) is 12.1 Å². The number of ether oxygens (including phenoxy) is 1. The minimum atomic E-state index is 0.700. The largest absolute Gasteiger partial charge is 0.492 e. The molecule has 0 radical (unpaired) electrons. The normalized spacial score (nSPS) is 19.9. The summed E-state index contributed by atoms with van der Waals surface area (Å²) in [5.74, 6) is 3.53. The Morgan fingerprint density at radius 2 is 2.44 bits per heavy atom. The molecule has 1 aliphatic rings. The Labute approximate surface area is 102 Å². The molecular formula is C13H19NOS. The van der Waals surface area contributed by atoms with Crippen LogP contribution in [0.2, 0.25) is 0 Å². The molecule has 0 bridgehead atoms. The van der Waals surface area contributed by atoms with E-state index in [1.165, 1.54) is 23.5 Å². The van der Waals surface area contributed by atoms with E-state index in [4.69, 9.17) is 4.74 Å². The molecule has 1 N–H and O–H groups in total. The zero-order valence-corrected chi connectivity index (χ0v) is 10.6. The topological polar surface area (TPSA) is 21.3 Å². The first kappa shape index (κ1) is 11.8. The maximum Gasteiger partial charge on any atom is 0.119 e. The van der Waals surface area contributed by atoms with Crippen LogP contribution in [0, 0.1) is 6.92 Å². The van der Waals surface area contributed by atoms with Crippen molar-refractivity contribution < 1.29 is 4.74 Å². The predicted molar refractivity (Wildman–Crippen MR) is 70.4 cm³/mol. The number of hydrogen-bond acceptors (Lipinski definition) is 3. The van der Waals surface area contributed by atoms with E-state index in [2.05, 4.69) is 24.4 Å². The summed E-state index contributed by atoms with van der Waals surface area (Å²) in [6, 6.07) is 8.90. The molecule has 1 unspecified atom stereocenters. The van der Waals surface area contributed by atoms with Gasteiger partial charge in [-0.2, -0.15) is 11.8 Å². The van der Waals surface area contributed by atoms with Crippen LogP contribution in [0.4, 0.5) is 0 Å². The Balaban J connectivity index is 1.64. The van der Waals surface area contributed by atoms with Crippen molar-refractivity contribution >= 4 is 11.8 Å². The first-order chi connectivity index (χ1) is 7.84. The highest BCUT2D eigenvalue weighted by Gasteiger charge is 2.13. The van der Waals surface area contributed by atoms with Crippen LogP contribution in [-0.4, -0.2) is 30.7 Å². The van der Waals surface area contributed by atoms with Crippen molar-refractivity contribution in [1.29, 1.82) is 0 Å². The molecule has 1 aromatic rings. The van der Waals surface area contributed by atoms with E-state index in [1.807, 2.05) is 23.9 Å². The average molecular weight is 237 g/mol. The van der Waals surface area contributed by atoms with Crippen molar-refractivity contribution in [3.63, 3.8) is 0 Å². The number of hydrogen-bond donors (Lipinski definition) is 1. The third-order valence-corrected chi connectivity index (χ3v) is 3.89. The van der Waals surface area contributed by atoms with E-state index >= 15 is 0 Å². The molecule has 2 rings (SSSR count). The second-order valence-electron chi connectivity index (χ2n) is 4.18. The molecule has 1 fully saturated rings. The lowest BCUT2D eigenvalue weighted by Crippen LogP contribution is -2.32. The molecule has 0 amide bonds. The summed E-state index contributed by atoms with van der Waals surface area (Å²) in [4.78, 5) is 0. The lowest BCUT2D eigenvalue weighted by molar-refractivity contribution is 0.307. The van der Waals surface area contributed by atoms with Crippen molar-refractivity contribution in [3.05, 3.63) is 29.8 Å². The van der Waals surface area contributed by atoms with Gasteiger partial charge in [0.25, 0.3) is 0 Å². The van der Waals surface area contributed by atoms with Gasteiger partial charge in [0, 0.05) is 18.3 Å². The number of thioether (sulfide) groups is 1. The zero-order chi connectivity index (χ0) is 11.2. The van der Waals surface area contributed by atoms with Crippen LogP contribution in [0.1, 0.15) is 12.0 Å². The highest BCUT2D eigenvalue weighted by molar-refractivity contribution is 7.99. The van der Waals surface area contributed by atoms with Crippen LogP contribution < -0.4 is 10.1 Å². The molecule has 88 valence electrons. The minimum absolute atomic E-state index is 0.700. The number of rotatable bonds is 5. The Hall–Kier alpha value is -0.670. The lowest BCUT2D eigenvalue weighted by atomic mass is 10.2. The summed E-state index contributed by atoms with van der Waals surface area (Å²) >= 11 is 2.04. The monoisotopic (exact) mass is 237 g/mol. The summed E-state index contributed by atoms with van der Waals surface area (Å²) in [6.07, 6.45) is 1.30. The van der Waals surface area contributed by atoms with Crippen LogP contribution in [0.25, 0.3) is 0 Å². The minimum Gasteiger partial charge on any atom is -0.492 e. The van der Waals surface area contributed by atoms with Gasteiger partial charge in [0.2, 0.25) is 0 Å². The van der Waals surface area contributed by atoms with E-state index < -0.39 is 0 Å². The standard InChI is InChI=1S/C13H19NOS/c1-11-3-2-4-13(9-11)15-7-6-14-12-5-8-16-10-12/h2-4,9,12,14H,5-8,10H2,1H3. The maximum absolute atomic E-state index is 5.68. The first-order valence-corrected chi connectivity index (χ1v) is 7.00. The molecule has 0 aliphatic carbocycles. The van der Waals surface area contributed by atoms with E-state index in [-0.39, 0.29) is 0 Å². The molecule has 1 heterocycles. The molecule has 0 spiro atoms. The van der Waals surface area contributed by atoms with Crippen LogP contribution in [0.15, 0.2) is 24.3 Å². The van der Waals surface area contributed by atoms with E-state index in [9.17, 15) is 0 Å². The number of benzene rings is 1. The summed E-state index contributed by atoms with van der Waals surface area (Å²) in [5, 5.41) is 3.52. The van der Waals surface area contributed by atoms with Crippen molar-refractivity contribution in [1.82, 2.24) is 5.32 Å². The van der Waals surface area contributed by atoms with Gasteiger partial charge in [-0.25, -0.2) is 0 Å². The van der Waals surface area contributed by atoms with Gasteiger partial charge in [0.15, 0.2) is 0 Å². The molecule has 3 heteroatoms. The highest BCUT2D eigenvalue weighted by atomic mass is 32.2. The summed E-state index contributed by atoms with van der Waals surface area (Å²) in [7, 11) is 0. The smallest absolute Gasteiger partial charge is 0.119 e. The molecule has 1 aromatic carbocycles. The fourth-order valence-electron chi connectivity index (χ4n) is 1.83. The van der Waals surface area contributed by atoms with Crippen LogP contribution in [-0.2, 0) is 0 Å². The van der Waals surface area contributed by atoms with Gasteiger partial charge in [0.05, 0.1) is 0 Å². The van der Waals surface area contributed by atoms with E-state index in [1.54, 1.807) is 0 Å². The van der Waals surface area contributed by atoms with Gasteiger partial charge >= 0.3 is 0 Å². The predicted octanol–water partition coefficient (Wildman–Crippen LogP) is 2.47. The van der Waals surface area contributed by atoms with Crippen LogP contribution >= 0.6 is 11.8 Å². The van der Waals surface area contributed by atoms with Crippen molar-refractivity contribution in [2.45, 2.75) is 19.4 Å². The second-order valence-corrected chi connectivity index (χ2v) is 5.33. The molecule has 1 aliphatic heterocycles. The number of aryl methyl sites for hydroxylation is 1. The van der Waals surface area contributed by atoms with Crippen molar-refractivity contribution in [2.24, 2.45) is 0 Å². The van der Waals surface area contributed by atoms with E-state index in [0.717, 1.165) is 18.9 Å². The van der Waals surface area contributed by atoms with E-state index in [0.29, 0.717) is 6.04 Å². The molecule has 0 saturated carbocycles. The second kappa shape index (κ2) is 6.16. The maximum atomic E-state index is 5.68. The first-order valence-electron chi connectivity index (χ1n) is 5.85. The summed E-state index contributed by atoms with van der Waals surface area (Å²) in [6.45, 7) is 3.78. The molecule has 2 nitrogen and oxygen atoms in total. The third kappa shape index (κ3) is 3.72. The van der Waals surface area contributed by atoms with Crippen molar-refractivity contribution in [3.8, 4) is 5.75 Å². The van der Waals surface area contributed by atoms with Crippen molar-refractivity contribution in [2.75, 3.05) is 24.7 Å². The third-order valence-electron chi connectivity index (χ3n) is 2.72. The number of nitrogens with one attached hydrogen (secondary N) is 1. The van der Waals surface area contributed by atoms with Crippen LogP contribution in [0.3, 0.4) is 0 Å². The van der Waals surface area contributed by atoms with Gasteiger partial charge in [-0.05, 0) is 36.8 Å². The fraction of sp³-hybridized carbons (Fsp3) is 0.538. The average Bonchev–Trinajstić information content (AvgIpc) is 2.77. The molecule has 0 aromatic heterocycles. The molecule has 1 atom stereocenters. The molecule has 16 heavy (non-hydrogen) atoms. The Morgan fingerprint density at radius 3 is 3.19 bits per heavy atom. The Kier molecular flexibility index (Phi) is 4.55. The fourth-order valence-corrected chi connectivity index (χ4v) is 3.02.